The van der Waals surface area contributed by atoms with Crippen LogP contribution in [0.4, 0.5) is 11.4 Å². The molecule has 21 heteroatoms. The predicted octanol–water partition coefficient (Wildman–Crippen LogP) is 2.30. The summed E-state index contributed by atoms with van der Waals surface area (Å²) in [4.78, 5) is 28.7. The summed E-state index contributed by atoms with van der Waals surface area (Å²) in [5.74, 6) is -1.36. The van der Waals surface area contributed by atoms with Crippen molar-refractivity contribution < 1.29 is 52.4 Å². The number of aromatic nitrogens is 1. The van der Waals surface area contributed by atoms with E-state index in [9.17, 15) is 62.0 Å². The lowest BCUT2D eigenvalue weighted by molar-refractivity contribution is 0.321. The second kappa shape index (κ2) is 14.4. The smallest absolute Gasteiger partial charge is 0.296 e. The van der Waals surface area contributed by atoms with Crippen LogP contribution in [0, 0.1) is 10.4 Å². The van der Waals surface area contributed by atoms with Gasteiger partial charge in [0.25, 0.3) is 35.9 Å². The van der Waals surface area contributed by atoms with Crippen LogP contribution in [0.2, 0.25) is 0 Å². The van der Waals surface area contributed by atoms with E-state index in [0.717, 1.165) is 0 Å². The quantitative estimate of drug-likeness (QED) is 0.111. The summed E-state index contributed by atoms with van der Waals surface area (Å²) in [6.07, 6.45) is 0. The van der Waals surface area contributed by atoms with E-state index in [4.69, 9.17) is 0 Å². The SMILES string of the molecule is CCN(CC)CCS(=O)(=O)c1cc(Nc2cc(S(=O)(=O)O)c3nc(=O)c(=C(O)c4ccccc4)c4c5ccccc5c(=O)c2c3=4)c(S(=O)(=O)O)cc1S(=O)(=O)O. The molecule has 0 bridgehead atoms. The zero-order valence-corrected chi connectivity index (χ0v) is 32.4. The Morgan fingerprint density at radius 1 is 0.679 bits per heavy atom. The Hall–Kier alpha value is -5.13. The van der Waals surface area contributed by atoms with E-state index in [2.05, 4.69) is 10.3 Å². The Balaban J connectivity index is 1.83. The van der Waals surface area contributed by atoms with Crippen molar-refractivity contribution in [3.8, 4) is 0 Å². The van der Waals surface area contributed by atoms with Crippen LogP contribution in [-0.2, 0) is 40.2 Å². The molecule has 1 aliphatic heterocycles. The van der Waals surface area contributed by atoms with Crippen LogP contribution in [0.5, 0.6) is 0 Å². The van der Waals surface area contributed by atoms with Gasteiger partial charge in [-0.15, -0.1) is 0 Å². The van der Waals surface area contributed by atoms with Crippen molar-refractivity contribution in [2.45, 2.75) is 33.4 Å². The Morgan fingerprint density at radius 3 is 1.80 bits per heavy atom. The minimum Gasteiger partial charge on any atom is -0.506 e. The summed E-state index contributed by atoms with van der Waals surface area (Å²) >= 11 is 0. The molecule has 0 amide bonds. The molecule has 0 unspecified atom stereocenters. The molecule has 1 heterocycles. The van der Waals surface area contributed by atoms with Gasteiger partial charge >= 0.3 is 0 Å². The highest BCUT2D eigenvalue weighted by molar-refractivity contribution is 7.93. The van der Waals surface area contributed by atoms with Crippen LogP contribution in [0.1, 0.15) is 19.4 Å². The monoisotopic (exact) mass is 845 g/mol. The first-order valence-corrected chi connectivity index (χ1v) is 22.4. The minimum absolute atomic E-state index is 0.0307. The third-order valence-corrected chi connectivity index (χ3v) is 13.7. The maximum atomic E-state index is 14.4. The molecule has 0 fully saturated rings. The molecule has 294 valence electrons. The number of hydrogen-bond acceptors (Lipinski definition) is 14. The van der Waals surface area contributed by atoms with E-state index in [0.29, 0.717) is 25.2 Å². The molecular formula is C35H31N3O14S4. The van der Waals surface area contributed by atoms with Crippen molar-refractivity contribution in [2.75, 3.05) is 30.7 Å². The number of hydrogen-bond donors (Lipinski definition) is 5. The fourth-order valence-electron chi connectivity index (χ4n) is 6.53. The standard InChI is InChI=1S/C35H31N3O14S4/c1-3-38(4-2)14-15-53(42,43)25-16-22(24(54(44,45)46)18-26(25)55(47,48)49)36-23-17-27(56(50,51)52)32-30-28(20-12-8-9-13-21(20)34(40)29(23)30)31(35(41)37-32)33(39)19-10-6-5-7-11-19/h5-13,16-18,36,39H,3-4,14-15H2,1-2H3,(H,44,45,46)(H,47,48,49)(H,50,51,52). The molecule has 0 spiro atoms. The van der Waals surface area contributed by atoms with Crippen molar-refractivity contribution >= 4 is 79.0 Å². The van der Waals surface area contributed by atoms with Crippen molar-refractivity contribution in [3.63, 3.8) is 0 Å². The molecule has 0 saturated carbocycles. The lowest BCUT2D eigenvalue weighted by atomic mass is 9.96. The highest BCUT2D eigenvalue weighted by Gasteiger charge is 2.32. The second-order valence-corrected chi connectivity index (χ2v) is 18.7. The maximum absolute atomic E-state index is 14.4. The molecule has 6 rings (SSSR count). The maximum Gasteiger partial charge on any atom is 0.296 e. The first-order chi connectivity index (χ1) is 26.1. The highest BCUT2D eigenvalue weighted by Crippen LogP contribution is 2.37. The molecule has 0 atom stereocenters. The van der Waals surface area contributed by atoms with E-state index >= 15 is 0 Å². The van der Waals surface area contributed by atoms with Gasteiger partial charge in [0.1, 0.15) is 20.4 Å². The number of fused-ring (bicyclic) bond motifs is 2. The highest BCUT2D eigenvalue weighted by atomic mass is 32.2. The molecule has 0 aromatic heterocycles. The van der Waals surface area contributed by atoms with Crippen LogP contribution < -0.4 is 21.5 Å². The van der Waals surface area contributed by atoms with Gasteiger partial charge < -0.3 is 15.3 Å². The van der Waals surface area contributed by atoms with Crippen molar-refractivity contribution in [3.05, 3.63) is 115 Å². The summed E-state index contributed by atoms with van der Waals surface area (Å²) in [6.45, 7) is 4.15. The van der Waals surface area contributed by atoms with Gasteiger partial charge in [0.2, 0.25) is 0 Å². The molecule has 56 heavy (non-hydrogen) atoms. The fourth-order valence-corrected chi connectivity index (χ4v) is 10.6. The Kier molecular flexibility index (Phi) is 10.4. The molecule has 0 saturated heterocycles. The van der Waals surface area contributed by atoms with Gasteiger partial charge in [-0.1, -0.05) is 68.4 Å². The summed E-state index contributed by atoms with van der Waals surface area (Å²) in [7, 11) is -21.1. The Bertz CT molecular complexity index is 3290. The fraction of sp³-hybridized carbons (Fsp3) is 0.171. The number of aliphatic hydroxyl groups excluding tert-OH is 1. The number of aliphatic hydroxyl groups is 1. The minimum atomic E-state index is -5.53. The Labute approximate surface area is 318 Å². The number of rotatable bonds is 12. The summed E-state index contributed by atoms with van der Waals surface area (Å²) in [5.41, 5.74) is -4.23. The number of nitrogens with one attached hydrogen (secondary N) is 1. The number of sulfone groups is 1. The summed E-state index contributed by atoms with van der Waals surface area (Å²) in [5, 5.41) is 12.2. The molecule has 4 aromatic rings. The normalized spacial score (nSPS) is 13.5. The summed E-state index contributed by atoms with van der Waals surface area (Å²) < 4.78 is 135. The largest absolute Gasteiger partial charge is 0.506 e. The average molecular weight is 846 g/mol. The van der Waals surface area contributed by atoms with E-state index in [1.165, 1.54) is 36.4 Å². The van der Waals surface area contributed by atoms with E-state index in [-0.39, 0.29) is 34.2 Å². The van der Waals surface area contributed by atoms with Gasteiger partial charge in [-0.2, -0.15) is 25.3 Å². The van der Waals surface area contributed by atoms with Gasteiger partial charge in [0.05, 0.1) is 38.1 Å². The van der Waals surface area contributed by atoms with Gasteiger partial charge in [-0.25, -0.2) is 13.4 Å². The lowest BCUT2D eigenvalue weighted by Crippen LogP contribution is -2.33. The molecule has 4 aromatic carbocycles. The number of anilines is 2. The van der Waals surface area contributed by atoms with Crippen LogP contribution in [0.15, 0.2) is 102 Å². The Morgan fingerprint density at radius 2 is 1.23 bits per heavy atom. The van der Waals surface area contributed by atoms with Crippen LogP contribution >= 0.6 is 0 Å². The zero-order chi connectivity index (χ0) is 41.1. The number of benzene rings is 4. The zero-order valence-electron chi connectivity index (χ0n) is 29.2. The molecular weight excluding hydrogens is 815 g/mol. The van der Waals surface area contributed by atoms with Gasteiger partial charge in [0, 0.05) is 27.9 Å². The van der Waals surface area contributed by atoms with Gasteiger partial charge in [-0.3, -0.25) is 23.2 Å². The topological polar surface area (TPSA) is 280 Å². The molecule has 1 aliphatic carbocycles. The number of nitrogens with zero attached hydrogens (tertiary/aromatic N) is 2. The second-order valence-electron chi connectivity index (χ2n) is 12.5. The molecule has 5 N–H and O–H groups in total. The van der Waals surface area contributed by atoms with Crippen LogP contribution in [-0.4, -0.2) is 87.7 Å². The average Bonchev–Trinajstić information content (AvgIpc) is 3.12. The van der Waals surface area contributed by atoms with E-state index < -0.39 is 115 Å². The van der Waals surface area contributed by atoms with Crippen LogP contribution in [0.25, 0.3) is 27.4 Å². The third-order valence-electron chi connectivity index (χ3n) is 9.20. The van der Waals surface area contributed by atoms with Gasteiger partial charge in [0.15, 0.2) is 15.3 Å². The molecule has 0 radical (unpaired) electrons. The van der Waals surface area contributed by atoms with Crippen molar-refractivity contribution in [2.24, 2.45) is 0 Å². The van der Waals surface area contributed by atoms with Gasteiger partial charge in [-0.05, 0) is 36.7 Å². The van der Waals surface area contributed by atoms with Crippen LogP contribution in [0.3, 0.4) is 0 Å². The van der Waals surface area contributed by atoms with Crippen molar-refractivity contribution in [1.29, 1.82) is 0 Å². The third kappa shape index (κ3) is 7.30. The van der Waals surface area contributed by atoms with Crippen molar-refractivity contribution in [1.82, 2.24) is 9.88 Å². The first kappa shape index (κ1) is 40.5. The molecule has 2 aliphatic rings. The van der Waals surface area contributed by atoms with E-state index in [1.807, 2.05) is 0 Å². The first-order valence-electron chi connectivity index (χ1n) is 16.4. The lowest BCUT2D eigenvalue weighted by Gasteiger charge is -2.20. The summed E-state index contributed by atoms with van der Waals surface area (Å²) in [6, 6.07) is 14.6. The predicted molar refractivity (Wildman–Crippen MR) is 204 cm³/mol. The van der Waals surface area contributed by atoms with E-state index in [1.54, 1.807) is 36.9 Å². The molecule has 17 nitrogen and oxygen atoms in total.